The standard InChI is InChI=1S/C28H39N5O4S/c1-20-17-21-5-2-9-29-25(21)26(27(20)37-16-3-6-24(35)36)32-11-4-10-31(14-15-32)18-22-19-38-28(30-22)33-12-7-23(34)8-13-33/h2,5,9,17,22-23,34H,3-4,6-8,10-16,18-19H2,1H3,(H,35,36). The Bertz CT molecular complexity index is 1150. The number of aliphatic carboxylic acids is 1. The van der Waals surface area contributed by atoms with Crippen molar-refractivity contribution in [3.8, 4) is 5.75 Å². The van der Waals surface area contributed by atoms with Gasteiger partial charge in [0.1, 0.15) is 11.4 Å². The number of rotatable bonds is 8. The molecular weight excluding hydrogens is 502 g/mol. The quantitative estimate of drug-likeness (QED) is 0.488. The molecule has 0 amide bonds. The lowest BCUT2D eigenvalue weighted by Gasteiger charge is -2.30. The highest BCUT2D eigenvalue weighted by Gasteiger charge is 2.28. The molecule has 5 rings (SSSR count). The summed E-state index contributed by atoms with van der Waals surface area (Å²) in [4.78, 5) is 28.1. The lowest BCUT2D eigenvalue weighted by molar-refractivity contribution is -0.137. The van der Waals surface area contributed by atoms with Crippen LogP contribution in [0.15, 0.2) is 29.4 Å². The third kappa shape index (κ3) is 6.52. The van der Waals surface area contributed by atoms with Crippen LogP contribution in [0.3, 0.4) is 0 Å². The summed E-state index contributed by atoms with van der Waals surface area (Å²) >= 11 is 1.86. The third-order valence-electron chi connectivity index (χ3n) is 7.60. The maximum atomic E-state index is 11.0. The largest absolute Gasteiger partial charge is 0.491 e. The zero-order valence-electron chi connectivity index (χ0n) is 22.2. The number of aliphatic imine (C=N–C) groups is 1. The second-order valence-electron chi connectivity index (χ2n) is 10.5. The molecule has 10 heteroatoms. The Balaban J connectivity index is 1.26. The van der Waals surface area contributed by atoms with Crippen molar-refractivity contribution in [2.75, 3.05) is 63.1 Å². The van der Waals surface area contributed by atoms with Crippen LogP contribution in [0.5, 0.6) is 5.75 Å². The molecule has 1 unspecified atom stereocenters. The zero-order valence-corrected chi connectivity index (χ0v) is 23.0. The van der Waals surface area contributed by atoms with Gasteiger partial charge in [0, 0.05) is 63.0 Å². The van der Waals surface area contributed by atoms with Crippen molar-refractivity contribution >= 4 is 39.5 Å². The molecule has 1 atom stereocenters. The Morgan fingerprint density at radius 3 is 2.82 bits per heavy atom. The Morgan fingerprint density at radius 1 is 1.16 bits per heavy atom. The molecule has 1 aromatic heterocycles. The van der Waals surface area contributed by atoms with Crippen molar-refractivity contribution in [3.05, 3.63) is 30.0 Å². The molecule has 9 nitrogen and oxygen atoms in total. The highest BCUT2D eigenvalue weighted by Crippen LogP contribution is 2.39. The molecule has 3 aliphatic heterocycles. The number of carbonyl (C=O) groups is 1. The smallest absolute Gasteiger partial charge is 0.303 e. The van der Waals surface area contributed by atoms with E-state index in [0.29, 0.717) is 19.1 Å². The fraction of sp³-hybridized carbons (Fsp3) is 0.607. The van der Waals surface area contributed by atoms with Gasteiger partial charge in [-0.2, -0.15) is 0 Å². The fourth-order valence-corrected chi connectivity index (χ4v) is 6.71. The number of aliphatic hydroxyl groups is 1. The maximum absolute atomic E-state index is 11.0. The summed E-state index contributed by atoms with van der Waals surface area (Å²) < 4.78 is 6.23. The van der Waals surface area contributed by atoms with Crippen LogP contribution in [0.2, 0.25) is 0 Å². The van der Waals surface area contributed by atoms with Crippen molar-refractivity contribution in [3.63, 3.8) is 0 Å². The summed E-state index contributed by atoms with van der Waals surface area (Å²) in [5.74, 6) is 1.04. The topological polar surface area (TPSA) is 102 Å². The molecule has 0 spiro atoms. The number of ether oxygens (including phenoxy) is 1. The van der Waals surface area contributed by atoms with Crippen LogP contribution in [0.25, 0.3) is 10.9 Å². The number of hydrogen-bond donors (Lipinski definition) is 2. The average Bonchev–Trinajstić information content (AvgIpc) is 3.25. The van der Waals surface area contributed by atoms with E-state index in [0.717, 1.165) is 104 Å². The average molecular weight is 542 g/mol. The number of hydrogen-bond acceptors (Lipinski definition) is 9. The van der Waals surface area contributed by atoms with Crippen molar-refractivity contribution in [1.82, 2.24) is 14.8 Å². The number of carboxylic acids is 1. The van der Waals surface area contributed by atoms with Gasteiger partial charge in [-0.05, 0) is 56.8 Å². The van der Waals surface area contributed by atoms with E-state index >= 15 is 0 Å². The van der Waals surface area contributed by atoms with Crippen molar-refractivity contribution in [2.24, 2.45) is 4.99 Å². The van der Waals surface area contributed by atoms with E-state index < -0.39 is 5.97 Å². The molecule has 4 heterocycles. The van der Waals surface area contributed by atoms with Gasteiger partial charge in [0.2, 0.25) is 0 Å². The molecule has 1 aromatic carbocycles. The third-order valence-corrected chi connectivity index (χ3v) is 8.77. The summed E-state index contributed by atoms with van der Waals surface area (Å²) in [6, 6.07) is 6.47. The normalized spacial score (nSPS) is 21.5. The summed E-state index contributed by atoms with van der Waals surface area (Å²) in [6.07, 6.45) is 4.95. The molecule has 2 fully saturated rings. The molecule has 0 aliphatic carbocycles. The Kier molecular flexibility index (Phi) is 8.91. The number of pyridine rings is 1. The number of aromatic nitrogens is 1. The number of carboxylic acid groups (broad SMARTS) is 1. The van der Waals surface area contributed by atoms with E-state index in [9.17, 15) is 9.90 Å². The summed E-state index contributed by atoms with van der Waals surface area (Å²) in [5.41, 5.74) is 3.02. The first-order valence-corrected chi connectivity index (χ1v) is 14.8. The van der Waals surface area contributed by atoms with Crippen LogP contribution in [-0.4, -0.2) is 106 Å². The SMILES string of the molecule is Cc1cc2cccnc2c(N2CCCN(CC3CSC(N4CCC(O)CC4)=N3)CC2)c1OCCCC(=O)O. The number of benzene rings is 1. The van der Waals surface area contributed by atoms with E-state index in [1.54, 1.807) is 0 Å². The highest BCUT2D eigenvalue weighted by atomic mass is 32.2. The van der Waals surface area contributed by atoms with Crippen LogP contribution in [0.4, 0.5) is 5.69 Å². The molecular formula is C28H39N5O4S. The zero-order chi connectivity index (χ0) is 26.5. The van der Waals surface area contributed by atoms with Gasteiger partial charge in [-0.3, -0.25) is 19.7 Å². The minimum absolute atomic E-state index is 0.0995. The second-order valence-corrected chi connectivity index (χ2v) is 11.5. The molecule has 38 heavy (non-hydrogen) atoms. The molecule has 206 valence electrons. The number of amidine groups is 1. The van der Waals surface area contributed by atoms with Gasteiger partial charge >= 0.3 is 5.97 Å². The minimum atomic E-state index is -0.801. The van der Waals surface area contributed by atoms with Gasteiger partial charge < -0.3 is 24.7 Å². The van der Waals surface area contributed by atoms with Gasteiger partial charge in [-0.25, -0.2) is 0 Å². The highest BCUT2D eigenvalue weighted by molar-refractivity contribution is 8.14. The van der Waals surface area contributed by atoms with Crippen LogP contribution in [-0.2, 0) is 4.79 Å². The predicted octanol–water partition coefficient (Wildman–Crippen LogP) is 3.23. The van der Waals surface area contributed by atoms with Gasteiger partial charge in [0.15, 0.2) is 5.17 Å². The number of fused-ring (bicyclic) bond motifs is 1. The molecule has 0 bridgehead atoms. The van der Waals surface area contributed by atoms with E-state index in [1.807, 2.05) is 24.0 Å². The number of anilines is 1. The van der Waals surface area contributed by atoms with Crippen LogP contribution in [0.1, 0.15) is 37.7 Å². The number of likely N-dealkylation sites (tertiary alicyclic amines) is 1. The second kappa shape index (κ2) is 12.5. The monoisotopic (exact) mass is 541 g/mol. The first-order valence-electron chi connectivity index (χ1n) is 13.8. The molecule has 0 radical (unpaired) electrons. The molecule has 2 N–H and O–H groups in total. The fourth-order valence-electron chi connectivity index (χ4n) is 5.60. The molecule has 2 saturated heterocycles. The van der Waals surface area contributed by atoms with Crippen molar-refractivity contribution < 1.29 is 19.7 Å². The number of nitrogens with zero attached hydrogens (tertiary/aromatic N) is 5. The van der Waals surface area contributed by atoms with Crippen LogP contribution in [0, 0.1) is 6.92 Å². The van der Waals surface area contributed by atoms with E-state index in [2.05, 4.69) is 33.8 Å². The number of aliphatic hydroxyl groups excluding tert-OH is 1. The Morgan fingerprint density at radius 2 is 2.00 bits per heavy atom. The van der Waals surface area contributed by atoms with Gasteiger partial charge in [0.25, 0.3) is 0 Å². The number of piperidine rings is 1. The number of aryl methyl sites for hydroxylation is 1. The summed E-state index contributed by atoms with van der Waals surface area (Å²) in [5, 5.41) is 21.1. The maximum Gasteiger partial charge on any atom is 0.303 e. The van der Waals surface area contributed by atoms with Gasteiger partial charge in [-0.1, -0.05) is 17.8 Å². The molecule has 3 aliphatic rings. The van der Waals surface area contributed by atoms with Crippen LogP contribution >= 0.6 is 11.8 Å². The molecule has 2 aromatic rings. The van der Waals surface area contributed by atoms with Crippen molar-refractivity contribution in [1.29, 1.82) is 0 Å². The lowest BCUT2D eigenvalue weighted by Crippen LogP contribution is -2.38. The van der Waals surface area contributed by atoms with Crippen LogP contribution < -0.4 is 9.64 Å². The molecule has 0 saturated carbocycles. The summed E-state index contributed by atoms with van der Waals surface area (Å²) in [6.45, 7) is 8.97. The first kappa shape index (κ1) is 27.0. The Hall–Kier alpha value is -2.56. The predicted molar refractivity (Wildman–Crippen MR) is 153 cm³/mol. The van der Waals surface area contributed by atoms with E-state index in [-0.39, 0.29) is 12.5 Å². The first-order chi connectivity index (χ1) is 18.5. The van der Waals surface area contributed by atoms with E-state index in [1.165, 1.54) is 0 Å². The lowest BCUT2D eigenvalue weighted by atomic mass is 10.1. The summed E-state index contributed by atoms with van der Waals surface area (Å²) in [7, 11) is 0. The Labute approximate surface area is 228 Å². The minimum Gasteiger partial charge on any atom is -0.491 e. The van der Waals surface area contributed by atoms with Gasteiger partial charge in [0.05, 0.1) is 24.3 Å². The van der Waals surface area contributed by atoms with Gasteiger partial charge in [-0.15, -0.1) is 0 Å². The van der Waals surface area contributed by atoms with Crippen molar-refractivity contribution in [2.45, 2.75) is 51.2 Å². The van der Waals surface area contributed by atoms with E-state index in [4.69, 9.17) is 19.8 Å². The number of thioether (sulfide) groups is 1.